The predicted octanol–water partition coefficient (Wildman–Crippen LogP) is 3.96. The Hall–Kier alpha value is -3.10. The van der Waals surface area contributed by atoms with Gasteiger partial charge in [0.2, 0.25) is 11.9 Å². The van der Waals surface area contributed by atoms with Crippen molar-refractivity contribution in [3.05, 3.63) is 66.5 Å². The molecule has 0 aliphatic rings. The van der Waals surface area contributed by atoms with Crippen LogP contribution in [-0.2, 0) is 14.8 Å². The van der Waals surface area contributed by atoms with Gasteiger partial charge in [0, 0.05) is 29.8 Å². The van der Waals surface area contributed by atoms with Gasteiger partial charge in [0.1, 0.15) is 0 Å². The number of carbonyl (C=O) groups excluding carboxylic acids is 1. The van der Waals surface area contributed by atoms with Gasteiger partial charge in [0.25, 0.3) is 10.0 Å². The highest BCUT2D eigenvalue weighted by Crippen LogP contribution is 2.34. The number of aromatic amines is 1. The number of aryl methyl sites for hydroxylation is 1. The van der Waals surface area contributed by atoms with Gasteiger partial charge in [-0.15, -0.1) is 12.4 Å². The van der Waals surface area contributed by atoms with Crippen molar-refractivity contribution in [2.45, 2.75) is 18.7 Å². The second kappa shape index (κ2) is 7.73. The minimum Gasteiger partial charge on any atom is -0.328 e. The fourth-order valence-electron chi connectivity index (χ4n) is 3.19. The molecule has 1 amide bonds. The number of amides is 1. The van der Waals surface area contributed by atoms with E-state index in [4.69, 9.17) is 0 Å². The van der Waals surface area contributed by atoms with E-state index in [1.54, 1.807) is 48.7 Å². The number of nitrogens with zero attached hydrogens (tertiary/aromatic N) is 2. The van der Waals surface area contributed by atoms with Crippen LogP contribution >= 0.6 is 12.4 Å². The van der Waals surface area contributed by atoms with Gasteiger partial charge < -0.3 is 4.98 Å². The van der Waals surface area contributed by atoms with E-state index in [-0.39, 0.29) is 23.2 Å². The molecule has 0 saturated carbocycles. The van der Waals surface area contributed by atoms with Gasteiger partial charge in [-0.2, -0.15) is 0 Å². The zero-order chi connectivity index (χ0) is 19.9. The van der Waals surface area contributed by atoms with Crippen molar-refractivity contribution in [3.8, 4) is 11.3 Å². The Bertz CT molecular complexity index is 1290. The first-order chi connectivity index (χ1) is 13.4. The van der Waals surface area contributed by atoms with Crippen LogP contribution in [0.1, 0.15) is 12.6 Å². The Kier molecular flexibility index (Phi) is 5.50. The highest BCUT2D eigenvalue weighted by molar-refractivity contribution is 7.90. The molecule has 2 aromatic carbocycles. The summed E-state index contributed by atoms with van der Waals surface area (Å²) in [6, 6.07) is 15.6. The van der Waals surface area contributed by atoms with Gasteiger partial charge in [-0.25, -0.2) is 17.4 Å². The maximum atomic E-state index is 13.2. The molecule has 0 spiro atoms. The monoisotopic (exact) mass is 430 g/mol. The summed E-state index contributed by atoms with van der Waals surface area (Å²) in [6.45, 7) is 3.22. The van der Waals surface area contributed by atoms with E-state index >= 15 is 0 Å². The van der Waals surface area contributed by atoms with E-state index < -0.39 is 10.0 Å². The highest BCUT2D eigenvalue weighted by Gasteiger charge is 2.23. The first-order valence-electron chi connectivity index (χ1n) is 8.63. The summed E-state index contributed by atoms with van der Waals surface area (Å²) in [5.41, 5.74) is 2.54. The highest BCUT2D eigenvalue weighted by atomic mass is 35.5. The molecule has 0 radical (unpaired) electrons. The number of anilines is 1. The number of hydrogen-bond donors (Lipinski definition) is 2. The molecule has 2 heterocycles. The molecule has 9 heteroatoms. The third kappa shape index (κ3) is 3.64. The molecule has 0 aliphatic heterocycles. The minimum atomic E-state index is -3.77. The molecule has 2 N–H and O–H groups in total. The molecule has 2 aromatic heterocycles. The molecule has 0 atom stereocenters. The van der Waals surface area contributed by atoms with E-state index in [9.17, 15) is 13.2 Å². The molecule has 0 aliphatic carbocycles. The van der Waals surface area contributed by atoms with Crippen LogP contribution in [-0.4, -0.2) is 28.3 Å². The van der Waals surface area contributed by atoms with E-state index in [1.165, 1.54) is 10.9 Å². The lowest BCUT2D eigenvalue weighted by Gasteiger charge is -2.07. The molecule has 4 rings (SSSR count). The van der Waals surface area contributed by atoms with Crippen molar-refractivity contribution in [2.75, 3.05) is 5.32 Å². The Morgan fingerprint density at radius 1 is 1.07 bits per heavy atom. The number of nitrogens with one attached hydrogen (secondary N) is 2. The van der Waals surface area contributed by atoms with Crippen LogP contribution in [0.25, 0.3) is 22.2 Å². The normalized spacial score (nSPS) is 11.2. The molecular weight excluding hydrogens is 412 g/mol. The molecule has 0 saturated heterocycles. The number of para-hydroxylation sites is 1. The van der Waals surface area contributed by atoms with E-state index in [1.807, 2.05) is 19.1 Å². The van der Waals surface area contributed by atoms with Gasteiger partial charge >= 0.3 is 0 Å². The third-order valence-corrected chi connectivity index (χ3v) is 6.10. The molecule has 7 nitrogen and oxygen atoms in total. The largest absolute Gasteiger partial charge is 0.328 e. The van der Waals surface area contributed by atoms with Gasteiger partial charge in [0.15, 0.2) is 0 Å². The SMILES string of the molecule is CC(=O)Nc1nc(-c2cn(S(=O)(=O)c3ccccc3)c3ccccc23)c(C)[nH]1.Cl. The zero-order valence-electron chi connectivity index (χ0n) is 15.7. The number of rotatable bonds is 4. The Balaban J connectivity index is 0.00000240. The minimum absolute atomic E-state index is 0. The Labute approximate surface area is 174 Å². The average Bonchev–Trinajstić information content (AvgIpc) is 3.22. The summed E-state index contributed by atoms with van der Waals surface area (Å²) in [6.07, 6.45) is 1.58. The van der Waals surface area contributed by atoms with Crippen LogP contribution in [0, 0.1) is 6.92 Å². The second-order valence-electron chi connectivity index (χ2n) is 6.41. The second-order valence-corrected chi connectivity index (χ2v) is 8.23. The lowest BCUT2D eigenvalue weighted by molar-refractivity contribution is -0.114. The van der Waals surface area contributed by atoms with Crippen LogP contribution in [0.3, 0.4) is 0 Å². The van der Waals surface area contributed by atoms with Crippen molar-refractivity contribution in [1.29, 1.82) is 0 Å². The van der Waals surface area contributed by atoms with Crippen molar-refractivity contribution < 1.29 is 13.2 Å². The summed E-state index contributed by atoms with van der Waals surface area (Å²) < 4.78 is 27.7. The van der Waals surface area contributed by atoms with Gasteiger partial charge in [-0.3, -0.25) is 10.1 Å². The fourth-order valence-corrected chi connectivity index (χ4v) is 4.58. The van der Waals surface area contributed by atoms with Gasteiger partial charge in [0.05, 0.1) is 16.1 Å². The zero-order valence-corrected chi connectivity index (χ0v) is 17.3. The van der Waals surface area contributed by atoms with E-state index in [0.29, 0.717) is 22.7 Å². The molecule has 0 bridgehead atoms. The van der Waals surface area contributed by atoms with Gasteiger partial charge in [-0.1, -0.05) is 36.4 Å². The number of fused-ring (bicyclic) bond motifs is 1. The van der Waals surface area contributed by atoms with Crippen molar-refractivity contribution in [1.82, 2.24) is 13.9 Å². The number of carbonyl (C=O) groups is 1. The number of hydrogen-bond acceptors (Lipinski definition) is 4. The van der Waals surface area contributed by atoms with Crippen LogP contribution < -0.4 is 5.32 Å². The van der Waals surface area contributed by atoms with Crippen molar-refractivity contribution in [2.24, 2.45) is 0 Å². The number of benzene rings is 2. The third-order valence-electron chi connectivity index (χ3n) is 4.41. The first kappa shape index (κ1) is 20.6. The topological polar surface area (TPSA) is 96.8 Å². The van der Waals surface area contributed by atoms with Crippen LogP contribution in [0.2, 0.25) is 0 Å². The van der Waals surface area contributed by atoms with Crippen molar-refractivity contribution in [3.63, 3.8) is 0 Å². The summed E-state index contributed by atoms with van der Waals surface area (Å²) >= 11 is 0. The predicted molar refractivity (Wildman–Crippen MR) is 115 cm³/mol. The standard InChI is InChI=1S/C20H18N4O3S.ClH/c1-13-19(23-20(21-13)22-14(2)25)17-12-24(18-11-7-6-10-16(17)18)28(26,27)15-8-4-3-5-9-15;/h3-12H,1-2H3,(H2,21,22,23,25);1H. The van der Waals surface area contributed by atoms with E-state index in [0.717, 1.165) is 11.1 Å². The molecule has 4 aromatic rings. The lowest BCUT2D eigenvalue weighted by Crippen LogP contribution is -2.11. The summed E-state index contributed by atoms with van der Waals surface area (Å²) in [5, 5.41) is 3.37. The molecule has 150 valence electrons. The Morgan fingerprint density at radius 2 is 1.72 bits per heavy atom. The average molecular weight is 431 g/mol. The van der Waals surface area contributed by atoms with Crippen LogP contribution in [0.5, 0.6) is 0 Å². The summed E-state index contributed by atoms with van der Waals surface area (Å²) in [7, 11) is -3.77. The molecular formula is C20H19ClN4O3S. The molecule has 0 fully saturated rings. The van der Waals surface area contributed by atoms with Gasteiger partial charge in [-0.05, 0) is 25.1 Å². The molecule has 0 unspecified atom stereocenters. The molecule has 29 heavy (non-hydrogen) atoms. The van der Waals surface area contributed by atoms with Crippen LogP contribution in [0.15, 0.2) is 65.7 Å². The van der Waals surface area contributed by atoms with Crippen molar-refractivity contribution >= 4 is 45.2 Å². The quantitative estimate of drug-likeness (QED) is 0.512. The maximum Gasteiger partial charge on any atom is 0.268 e. The maximum absolute atomic E-state index is 13.2. The first-order valence-corrected chi connectivity index (χ1v) is 10.1. The lowest BCUT2D eigenvalue weighted by atomic mass is 10.1. The summed E-state index contributed by atoms with van der Waals surface area (Å²) in [5.74, 6) is 0.0807. The smallest absolute Gasteiger partial charge is 0.268 e. The number of H-pyrrole nitrogens is 1. The van der Waals surface area contributed by atoms with E-state index in [2.05, 4.69) is 15.3 Å². The summed E-state index contributed by atoms with van der Waals surface area (Å²) in [4.78, 5) is 19.0. The fraction of sp³-hybridized carbons (Fsp3) is 0.100. The number of halogens is 1. The number of aromatic nitrogens is 3. The Morgan fingerprint density at radius 3 is 2.41 bits per heavy atom. The van der Waals surface area contributed by atoms with Crippen LogP contribution in [0.4, 0.5) is 5.95 Å². The number of imidazole rings is 1.